The number of rotatable bonds is 10. The Morgan fingerprint density at radius 2 is 1.74 bits per heavy atom. The van der Waals surface area contributed by atoms with Gasteiger partial charge in [-0.05, 0) is 32.1 Å². The SMILES string of the molecule is CCOC(CCNC(=NC)NC1CCN(c2cc(OC)cc(OC)c2)CC1)C(C)C.I. The third-order valence-electron chi connectivity index (χ3n) is 5.61. The second-order valence-electron chi connectivity index (χ2n) is 8.00. The number of aliphatic imine (C=N–C) groups is 1. The molecule has 1 atom stereocenters. The molecule has 1 heterocycles. The summed E-state index contributed by atoms with van der Waals surface area (Å²) in [6.07, 6.45) is 3.35. The van der Waals surface area contributed by atoms with Crippen LogP contribution in [-0.4, -0.2) is 65.6 Å². The summed E-state index contributed by atoms with van der Waals surface area (Å²) < 4.78 is 16.6. The van der Waals surface area contributed by atoms with E-state index in [1.54, 1.807) is 14.2 Å². The number of anilines is 1. The number of piperidine rings is 1. The van der Waals surface area contributed by atoms with Crippen LogP contribution in [0.4, 0.5) is 5.69 Å². The molecule has 1 aromatic rings. The van der Waals surface area contributed by atoms with E-state index in [1.807, 2.05) is 13.1 Å². The number of guanidine groups is 1. The zero-order valence-corrected chi connectivity index (χ0v) is 22.3. The van der Waals surface area contributed by atoms with Crippen molar-refractivity contribution in [3.05, 3.63) is 18.2 Å². The fraction of sp³-hybridized carbons (Fsp3) is 0.696. The summed E-state index contributed by atoms with van der Waals surface area (Å²) in [5.74, 6) is 3.03. The van der Waals surface area contributed by atoms with Gasteiger partial charge in [-0.3, -0.25) is 4.99 Å². The van der Waals surface area contributed by atoms with Crippen LogP contribution in [0.2, 0.25) is 0 Å². The average molecular weight is 549 g/mol. The van der Waals surface area contributed by atoms with E-state index in [0.717, 1.165) is 68.6 Å². The van der Waals surface area contributed by atoms with Crippen LogP contribution in [0.15, 0.2) is 23.2 Å². The van der Waals surface area contributed by atoms with Gasteiger partial charge in [-0.25, -0.2) is 0 Å². The Labute approximate surface area is 205 Å². The maximum atomic E-state index is 5.83. The zero-order valence-electron chi connectivity index (χ0n) is 19.9. The Morgan fingerprint density at radius 3 is 2.23 bits per heavy atom. The number of ether oxygens (including phenoxy) is 3. The lowest BCUT2D eigenvalue weighted by Crippen LogP contribution is -2.49. The maximum Gasteiger partial charge on any atom is 0.191 e. The molecule has 1 saturated heterocycles. The molecule has 7 nitrogen and oxygen atoms in total. The molecule has 1 aliphatic rings. The molecule has 1 aliphatic heterocycles. The largest absolute Gasteiger partial charge is 0.497 e. The standard InChI is InChI=1S/C23H40N4O3.HI/c1-7-30-22(17(2)3)8-11-25-23(24-4)26-18-9-12-27(13-10-18)19-14-20(28-5)16-21(15-19)29-6;/h14-18,22H,7-13H2,1-6H3,(H2,24,25,26);1H. The van der Waals surface area contributed by atoms with E-state index in [-0.39, 0.29) is 30.1 Å². The highest BCUT2D eigenvalue weighted by Crippen LogP contribution is 2.30. The fourth-order valence-corrected chi connectivity index (χ4v) is 3.80. The van der Waals surface area contributed by atoms with Crippen LogP contribution in [0.5, 0.6) is 11.5 Å². The predicted molar refractivity (Wildman–Crippen MR) is 140 cm³/mol. The summed E-state index contributed by atoms with van der Waals surface area (Å²) in [4.78, 5) is 6.78. The molecule has 0 radical (unpaired) electrons. The topological polar surface area (TPSA) is 67.4 Å². The Kier molecular flexibility index (Phi) is 13.0. The van der Waals surface area contributed by atoms with Crippen LogP contribution >= 0.6 is 24.0 Å². The highest BCUT2D eigenvalue weighted by atomic mass is 127. The second kappa shape index (κ2) is 14.6. The first kappa shape index (κ1) is 27.6. The van der Waals surface area contributed by atoms with Crippen molar-refractivity contribution in [3.63, 3.8) is 0 Å². The van der Waals surface area contributed by atoms with E-state index in [4.69, 9.17) is 14.2 Å². The van der Waals surface area contributed by atoms with Gasteiger partial charge in [-0.15, -0.1) is 24.0 Å². The Balaban J connectivity index is 0.00000480. The van der Waals surface area contributed by atoms with Crippen molar-refractivity contribution in [1.29, 1.82) is 0 Å². The van der Waals surface area contributed by atoms with E-state index >= 15 is 0 Å². The third-order valence-corrected chi connectivity index (χ3v) is 5.61. The first-order chi connectivity index (χ1) is 14.5. The van der Waals surface area contributed by atoms with Crippen LogP contribution in [0.1, 0.15) is 40.0 Å². The van der Waals surface area contributed by atoms with Crippen LogP contribution < -0.4 is 25.0 Å². The Hall–Kier alpha value is -1.42. The molecule has 0 spiro atoms. The van der Waals surface area contributed by atoms with Gasteiger partial charge in [0.05, 0.1) is 20.3 Å². The highest BCUT2D eigenvalue weighted by Gasteiger charge is 2.21. The molecule has 1 aromatic carbocycles. The van der Waals surface area contributed by atoms with Crippen molar-refractivity contribution in [2.24, 2.45) is 10.9 Å². The van der Waals surface area contributed by atoms with E-state index in [0.29, 0.717) is 12.0 Å². The van der Waals surface area contributed by atoms with Crippen molar-refractivity contribution in [2.45, 2.75) is 52.2 Å². The minimum absolute atomic E-state index is 0. The van der Waals surface area contributed by atoms with E-state index in [1.165, 1.54) is 0 Å². The molecule has 1 fully saturated rings. The third kappa shape index (κ3) is 8.92. The number of benzene rings is 1. The van der Waals surface area contributed by atoms with Crippen molar-refractivity contribution >= 4 is 35.6 Å². The summed E-state index contributed by atoms with van der Waals surface area (Å²) in [5.41, 5.74) is 1.14. The molecule has 31 heavy (non-hydrogen) atoms. The van der Waals surface area contributed by atoms with Crippen molar-refractivity contribution < 1.29 is 14.2 Å². The summed E-state index contributed by atoms with van der Waals surface area (Å²) in [6.45, 7) is 10.0. The van der Waals surface area contributed by atoms with Crippen LogP contribution in [0.25, 0.3) is 0 Å². The van der Waals surface area contributed by atoms with Crippen LogP contribution in [0.3, 0.4) is 0 Å². The molecule has 0 saturated carbocycles. The van der Waals surface area contributed by atoms with E-state index < -0.39 is 0 Å². The number of methoxy groups -OCH3 is 2. The van der Waals surface area contributed by atoms with Gasteiger partial charge < -0.3 is 29.7 Å². The van der Waals surface area contributed by atoms with Gasteiger partial charge in [0.15, 0.2) is 5.96 Å². The smallest absolute Gasteiger partial charge is 0.191 e. The zero-order chi connectivity index (χ0) is 21.9. The minimum atomic E-state index is 0. The lowest BCUT2D eigenvalue weighted by molar-refractivity contribution is 0.0258. The number of hydrogen-bond donors (Lipinski definition) is 2. The van der Waals surface area contributed by atoms with Gasteiger partial charge in [0.1, 0.15) is 11.5 Å². The number of halogens is 1. The molecule has 1 unspecified atom stereocenters. The molecule has 0 bridgehead atoms. The first-order valence-electron chi connectivity index (χ1n) is 11.1. The molecule has 8 heteroatoms. The minimum Gasteiger partial charge on any atom is -0.497 e. The van der Waals surface area contributed by atoms with Gasteiger partial charge in [0, 0.05) is 63.2 Å². The second-order valence-corrected chi connectivity index (χ2v) is 8.00. The lowest BCUT2D eigenvalue weighted by atomic mass is 10.0. The van der Waals surface area contributed by atoms with Gasteiger partial charge in [0.2, 0.25) is 0 Å². The highest BCUT2D eigenvalue weighted by molar-refractivity contribution is 14.0. The number of nitrogens with zero attached hydrogens (tertiary/aromatic N) is 2. The van der Waals surface area contributed by atoms with Gasteiger partial charge >= 0.3 is 0 Å². The summed E-state index contributed by atoms with van der Waals surface area (Å²) in [7, 11) is 5.20. The molecule has 0 aliphatic carbocycles. The van der Waals surface area contributed by atoms with Gasteiger partial charge in [-0.1, -0.05) is 13.8 Å². The van der Waals surface area contributed by atoms with E-state index in [9.17, 15) is 0 Å². The summed E-state index contributed by atoms with van der Waals surface area (Å²) >= 11 is 0. The monoisotopic (exact) mass is 548 g/mol. The summed E-state index contributed by atoms with van der Waals surface area (Å²) in [6, 6.07) is 6.45. The number of nitrogens with one attached hydrogen (secondary N) is 2. The van der Waals surface area contributed by atoms with Crippen molar-refractivity contribution in [3.8, 4) is 11.5 Å². The van der Waals surface area contributed by atoms with Crippen LogP contribution in [0, 0.1) is 5.92 Å². The van der Waals surface area contributed by atoms with Gasteiger partial charge in [-0.2, -0.15) is 0 Å². The van der Waals surface area contributed by atoms with E-state index in [2.05, 4.69) is 53.4 Å². The molecule has 0 amide bonds. The van der Waals surface area contributed by atoms with Crippen molar-refractivity contribution in [1.82, 2.24) is 10.6 Å². The fourth-order valence-electron chi connectivity index (χ4n) is 3.80. The quantitative estimate of drug-likeness (QED) is 0.263. The maximum absolute atomic E-state index is 5.83. The molecule has 178 valence electrons. The molecule has 2 rings (SSSR count). The normalized spacial score (nSPS) is 16.0. The molecular formula is C23H41IN4O3. The van der Waals surface area contributed by atoms with Crippen LogP contribution in [-0.2, 0) is 4.74 Å². The first-order valence-corrected chi connectivity index (χ1v) is 11.1. The molecular weight excluding hydrogens is 507 g/mol. The predicted octanol–water partition coefficient (Wildman–Crippen LogP) is 3.91. The lowest BCUT2D eigenvalue weighted by Gasteiger charge is -2.35. The Bertz CT molecular complexity index is 642. The van der Waals surface area contributed by atoms with Gasteiger partial charge in [0.25, 0.3) is 0 Å². The van der Waals surface area contributed by atoms with Crippen molar-refractivity contribution in [2.75, 3.05) is 52.4 Å². The summed E-state index contributed by atoms with van der Waals surface area (Å²) in [5, 5.41) is 7.03. The Morgan fingerprint density at radius 1 is 1.13 bits per heavy atom. The average Bonchev–Trinajstić information content (AvgIpc) is 2.77. The number of hydrogen-bond acceptors (Lipinski definition) is 5. The molecule has 2 N–H and O–H groups in total. The molecule has 0 aromatic heterocycles.